The van der Waals surface area contributed by atoms with Crippen LogP contribution in [0.1, 0.15) is 23.8 Å². The minimum absolute atomic E-state index is 0.148. The van der Waals surface area contributed by atoms with Crippen LogP contribution in [0.4, 0.5) is 0 Å². The van der Waals surface area contributed by atoms with Crippen molar-refractivity contribution in [1.29, 1.82) is 0 Å². The molecule has 1 aliphatic heterocycles. The molecule has 0 aromatic carbocycles. The zero-order chi connectivity index (χ0) is 12.4. The fourth-order valence-corrected chi connectivity index (χ4v) is 2.20. The summed E-state index contributed by atoms with van der Waals surface area (Å²) in [5.74, 6) is 0.210. The van der Waals surface area contributed by atoms with E-state index in [1.165, 1.54) is 6.20 Å². The Balaban J connectivity index is 2.15. The Hall–Kier alpha value is -1.69. The van der Waals surface area contributed by atoms with Gasteiger partial charge < -0.3 is 15.6 Å². The molecule has 2 unspecified atom stereocenters. The average molecular weight is 236 g/mol. The molecule has 2 heterocycles. The fraction of sp³-hybridized carbons (Fsp3) is 0.545. The highest BCUT2D eigenvalue weighted by atomic mass is 16.2. The first kappa shape index (κ1) is 11.8. The van der Waals surface area contributed by atoms with Gasteiger partial charge in [0, 0.05) is 18.8 Å². The molecule has 0 spiro atoms. The lowest BCUT2D eigenvalue weighted by molar-refractivity contribution is 0.0737. The van der Waals surface area contributed by atoms with Crippen molar-refractivity contribution in [3.63, 3.8) is 0 Å². The number of hydrogen-bond acceptors (Lipinski definition) is 4. The molecule has 1 fully saturated rings. The number of carbonyl (C=O) groups is 1. The van der Waals surface area contributed by atoms with E-state index in [0.29, 0.717) is 19.0 Å². The quantitative estimate of drug-likeness (QED) is 0.729. The molecule has 0 aliphatic carbocycles. The van der Waals surface area contributed by atoms with Crippen LogP contribution in [-0.4, -0.2) is 39.9 Å². The topological polar surface area (TPSA) is 92.1 Å². The number of likely N-dealkylation sites (tertiary alicyclic amines) is 1. The molecule has 3 N–H and O–H groups in total. The second kappa shape index (κ2) is 4.67. The minimum Gasteiger partial charge on any atom is -0.334 e. The van der Waals surface area contributed by atoms with Crippen molar-refractivity contribution in [2.45, 2.75) is 19.4 Å². The highest BCUT2D eigenvalue weighted by Crippen LogP contribution is 2.23. The number of rotatable bonds is 2. The lowest BCUT2D eigenvalue weighted by Crippen LogP contribution is -2.35. The van der Waals surface area contributed by atoms with Gasteiger partial charge in [-0.15, -0.1) is 0 Å². The number of H-pyrrole nitrogens is 1. The van der Waals surface area contributed by atoms with Crippen molar-refractivity contribution < 1.29 is 4.79 Å². The molecule has 0 radical (unpaired) electrons. The molecular formula is C11H16N4O2. The van der Waals surface area contributed by atoms with Crippen LogP contribution in [0.15, 0.2) is 17.2 Å². The van der Waals surface area contributed by atoms with Gasteiger partial charge >= 0.3 is 0 Å². The number of hydrogen-bond donors (Lipinski definition) is 2. The summed E-state index contributed by atoms with van der Waals surface area (Å²) in [6, 6.07) is 0.171. The van der Waals surface area contributed by atoms with Crippen LogP contribution in [0, 0.1) is 5.92 Å². The van der Waals surface area contributed by atoms with E-state index in [2.05, 4.69) is 9.97 Å². The molecule has 1 saturated heterocycles. The Morgan fingerprint density at radius 1 is 1.71 bits per heavy atom. The van der Waals surface area contributed by atoms with Gasteiger partial charge in [0.1, 0.15) is 5.69 Å². The van der Waals surface area contributed by atoms with E-state index in [1.54, 1.807) is 4.90 Å². The maximum atomic E-state index is 12.1. The molecule has 92 valence electrons. The molecule has 1 amide bonds. The van der Waals surface area contributed by atoms with Gasteiger partial charge in [-0.2, -0.15) is 0 Å². The second-order valence-electron chi connectivity index (χ2n) is 4.44. The summed E-state index contributed by atoms with van der Waals surface area (Å²) in [7, 11) is 0. The first-order chi connectivity index (χ1) is 8.11. The molecule has 0 bridgehead atoms. The molecule has 6 nitrogen and oxygen atoms in total. The van der Waals surface area contributed by atoms with Gasteiger partial charge in [-0.05, 0) is 25.8 Å². The Morgan fingerprint density at radius 2 is 2.47 bits per heavy atom. The molecule has 2 rings (SSSR count). The van der Waals surface area contributed by atoms with Gasteiger partial charge in [-0.1, -0.05) is 0 Å². The maximum Gasteiger partial charge on any atom is 0.274 e. The third-order valence-corrected chi connectivity index (χ3v) is 3.15. The van der Waals surface area contributed by atoms with E-state index < -0.39 is 0 Å². The van der Waals surface area contributed by atoms with E-state index in [0.717, 1.165) is 12.6 Å². The number of aromatic amines is 1. The van der Waals surface area contributed by atoms with Crippen LogP contribution < -0.4 is 11.3 Å². The van der Waals surface area contributed by atoms with E-state index in [9.17, 15) is 9.59 Å². The lowest BCUT2D eigenvalue weighted by atomic mass is 10.1. The molecule has 1 aromatic rings. The summed E-state index contributed by atoms with van der Waals surface area (Å²) in [5, 5.41) is 0. The fourth-order valence-electron chi connectivity index (χ4n) is 2.20. The normalized spacial score (nSPS) is 24.0. The number of nitrogens with zero attached hydrogens (tertiary/aromatic N) is 2. The van der Waals surface area contributed by atoms with Crippen LogP contribution in [0.2, 0.25) is 0 Å². The zero-order valence-electron chi connectivity index (χ0n) is 9.72. The van der Waals surface area contributed by atoms with Crippen molar-refractivity contribution in [1.82, 2.24) is 14.9 Å². The standard InChI is InChI=1S/C11H16N4O2/c1-7-2-8(3-12)6-15(7)11(17)9-4-14-10(16)5-13-9/h4-5,7-8H,2-3,6,12H2,1H3,(H,14,16). The highest BCUT2D eigenvalue weighted by Gasteiger charge is 2.32. The van der Waals surface area contributed by atoms with Crippen LogP contribution in [0.25, 0.3) is 0 Å². The van der Waals surface area contributed by atoms with Crippen molar-refractivity contribution in [2.75, 3.05) is 13.1 Å². The van der Waals surface area contributed by atoms with Gasteiger partial charge in [0.05, 0.1) is 6.20 Å². The molecular weight excluding hydrogens is 220 g/mol. The van der Waals surface area contributed by atoms with Crippen LogP contribution in [0.3, 0.4) is 0 Å². The van der Waals surface area contributed by atoms with Crippen LogP contribution >= 0.6 is 0 Å². The number of carbonyl (C=O) groups excluding carboxylic acids is 1. The summed E-state index contributed by atoms with van der Waals surface area (Å²) in [4.78, 5) is 31.1. The Bertz CT molecular complexity index is 450. The molecule has 17 heavy (non-hydrogen) atoms. The highest BCUT2D eigenvalue weighted by molar-refractivity contribution is 5.92. The summed E-state index contributed by atoms with van der Waals surface area (Å²) >= 11 is 0. The molecule has 1 aliphatic rings. The molecule has 0 saturated carbocycles. The van der Waals surface area contributed by atoms with E-state index in [-0.39, 0.29) is 23.2 Å². The van der Waals surface area contributed by atoms with Crippen molar-refractivity contribution in [3.8, 4) is 0 Å². The van der Waals surface area contributed by atoms with Crippen molar-refractivity contribution >= 4 is 5.91 Å². The monoisotopic (exact) mass is 236 g/mol. The first-order valence-corrected chi connectivity index (χ1v) is 5.67. The Labute approximate surface area is 98.8 Å². The van der Waals surface area contributed by atoms with Crippen molar-refractivity contribution in [2.24, 2.45) is 11.7 Å². The molecule has 6 heteroatoms. The molecule has 2 atom stereocenters. The zero-order valence-corrected chi connectivity index (χ0v) is 9.72. The van der Waals surface area contributed by atoms with Crippen LogP contribution in [-0.2, 0) is 0 Å². The van der Waals surface area contributed by atoms with Gasteiger partial charge in [-0.25, -0.2) is 4.98 Å². The van der Waals surface area contributed by atoms with Gasteiger partial charge in [0.2, 0.25) is 0 Å². The maximum absolute atomic E-state index is 12.1. The second-order valence-corrected chi connectivity index (χ2v) is 4.44. The summed E-state index contributed by atoms with van der Waals surface area (Å²) < 4.78 is 0. The summed E-state index contributed by atoms with van der Waals surface area (Å²) in [5.41, 5.74) is 5.58. The molecule has 1 aromatic heterocycles. The van der Waals surface area contributed by atoms with Crippen LogP contribution in [0.5, 0.6) is 0 Å². The summed E-state index contributed by atoms with van der Waals surface area (Å²) in [6.07, 6.45) is 3.40. The van der Waals surface area contributed by atoms with Crippen molar-refractivity contribution in [3.05, 3.63) is 28.4 Å². The van der Waals surface area contributed by atoms with E-state index >= 15 is 0 Å². The smallest absolute Gasteiger partial charge is 0.274 e. The Morgan fingerprint density at radius 3 is 3.00 bits per heavy atom. The number of nitrogens with two attached hydrogens (primary N) is 1. The number of amides is 1. The lowest BCUT2D eigenvalue weighted by Gasteiger charge is -2.20. The third kappa shape index (κ3) is 2.36. The predicted molar refractivity (Wildman–Crippen MR) is 62.5 cm³/mol. The van der Waals surface area contributed by atoms with Gasteiger partial charge in [0.15, 0.2) is 0 Å². The number of nitrogens with one attached hydrogen (secondary N) is 1. The Kier molecular flexibility index (Phi) is 3.23. The number of aromatic nitrogens is 2. The van der Waals surface area contributed by atoms with E-state index in [1.807, 2.05) is 6.92 Å². The van der Waals surface area contributed by atoms with Gasteiger partial charge in [0.25, 0.3) is 11.5 Å². The predicted octanol–water partition coefficient (Wildman–Crippen LogP) is -0.421. The minimum atomic E-state index is -0.309. The van der Waals surface area contributed by atoms with Gasteiger partial charge in [-0.3, -0.25) is 9.59 Å². The largest absolute Gasteiger partial charge is 0.334 e. The third-order valence-electron chi connectivity index (χ3n) is 3.15. The summed E-state index contributed by atoms with van der Waals surface area (Å²) in [6.45, 7) is 3.25. The first-order valence-electron chi connectivity index (χ1n) is 5.67. The average Bonchev–Trinajstić information content (AvgIpc) is 2.71. The van der Waals surface area contributed by atoms with E-state index in [4.69, 9.17) is 5.73 Å². The SMILES string of the molecule is CC1CC(CN)CN1C(=O)c1c[nH]c(=O)cn1.